The van der Waals surface area contributed by atoms with Crippen LogP contribution in [-0.2, 0) is 27.1 Å². The van der Waals surface area contributed by atoms with E-state index in [0.29, 0.717) is 11.3 Å². The Balaban J connectivity index is 1.09. The first-order valence-electron chi connectivity index (χ1n) is 37.8. The smallest absolute Gasteiger partial charge is 0.252 e. The van der Waals surface area contributed by atoms with E-state index in [1.54, 1.807) is 0 Å². The molecule has 2 aliphatic rings. The summed E-state index contributed by atoms with van der Waals surface area (Å²) in [6.45, 7) is 43.0. The van der Waals surface area contributed by atoms with Crippen LogP contribution >= 0.6 is 0 Å². The van der Waals surface area contributed by atoms with Crippen LogP contribution in [0.3, 0.4) is 0 Å². The largest absolute Gasteiger partial charge is 0.310 e. The fourth-order valence-electron chi connectivity index (χ4n) is 16.8. The number of rotatable bonds is 8. The van der Waals surface area contributed by atoms with Crippen molar-refractivity contribution in [1.29, 1.82) is 5.26 Å². The first kappa shape index (κ1) is 68.2. The topological polar surface area (TPSA) is 44.5 Å². The van der Waals surface area contributed by atoms with E-state index in [0.717, 1.165) is 112 Å². The fourth-order valence-corrected chi connectivity index (χ4v) is 16.8. The maximum atomic E-state index is 10.5. The zero-order valence-electron chi connectivity index (χ0n) is 64.2. The van der Waals surface area contributed by atoms with Crippen molar-refractivity contribution < 1.29 is 0 Å². The molecule has 13 aromatic carbocycles. The van der Waals surface area contributed by atoms with Crippen molar-refractivity contribution in [1.82, 2.24) is 9.13 Å². The maximum Gasteiger partial charge on any atom is 0.252 e. The highest BCUT2D eigenvalue weighted by Gasteiger charge is 2.47. The highest BCUT2D eigenvalue weighted by molar-refractivity contribution is 7.00. The molecule has 0 amide bonds. The number of anilines is 6. The van der Waals surface area contributed by atoms with Crippen molar-refractivity contribution in [2.45, 2.75) is 131 Å². The van der Waals surface area contributed by atoms with Gasteiger partial charge in [0.1, 0.15) is 0 Å². The van der Waals surface area contributed by atoms with Crippen LogP contribution < -0.4 is 26.2 Å². The maximum absolute atomic E-state index is 10.5. The second-order valence-corrected chi connectivity index (χ2v) is 34.9. The Morgan fingerprint density at radius 3 is 1.00 bits per heavy atom. The molecule has 0 spiro atoms. The van der Waals surface area contributed by atoms with Crippen LogP contribution in [0.15, 0.2) is 267 Å². The van der Waals surface area contributed by atoms with Gasteiger partial charge in [0.25, 0.3) is 6.71 Å². The van der Waals surface area contributed by atoms with Gasteiger partial charge < -0.3 is 18.9 Å². The normalized spacial score (nSPS) is 13.1. The monoisotopic (exact) mass is 1380 g/mol. The van der Waals surface area contributed by atoms with Crippen LogP contribution in [0.2, 0.25) is 0 Å². The van der Waals surface area contributed by atoms with Crippen molar-refractivity contribution >= 4 is 107 Å². The van der Waals surface area contributed by atoms with E-state index in [9.17, 15) is 5.26 Å². The number of benzene rings is 13. The lowest BCUT2D eigenvalue weighted by molar-refractivity contribution is 0.589. The zero-order valence-corrected chi connectivity index (χ0v) is 64.2. The average molecular weight is 1390 g/mol. The number of fused-ring (bicyclic) bond motifs is 10. The Kier molecular flexibility index (Phi) is 15.9. The number of hydrogen-bond donors (Lipinski definition) is 0. The molecule has 2 aliphatic heterocycles. The van der Waals surface area contributed by atoms with E-state index in [1.807, 2.05) is 24.3 Å². The Bertz CT molecular complexity index is 5770. The highest BCUT2D eigenvalue weighted by atomic mass is 15.2. The molecule has 2 aromatic heterocycles. The first-order valence-corrected chi connectivity index (χ1v) is 37.8. The van der Waals surface area contributed by atoms with Crippen LogP contribution in [0, 0.1) is 17.9 Å². The third-order valence-corrected chi connectivity index (χ3v) is 22.7. The van der Waals surface area contributed by atoms with Gasteiger partial charge in [0.15, 0.2) is 5.69 Å². The second kappa shape index (κ2) is 24.9. The standard InChI is InChI=1S/C100H89BN6/c1-96(2,3)67-29-25-27-65(51-67)81-55-69(98(7,8)9)53-79(63-41-39-62(61-102)40-42-63)94(81)106-89-59-73(104-85-35-21-17-31-75(85)76-32-18-22-36-86(76)104)47-49-83(89)101-84-50-48-74(105-87-37-23-19-33-77(87)78-34-20-24-38-88(78)105)60-90(84)107(92-58-71(100(13,14)15)57-91(106)93(92)101)95-80(64-43-45-72(103-16)46-44-64)54-70(99(10,11)12)56-82(95)66-28-26-30-68(52-66)97(4,5)6/h17-60H,1-15H3. The van der Waals surface area contributed by atoms with Crippen LogP contribution in [0.4, 0.5) is 39.8 Å². The van der Waals surface area contributed by atoms with Gasteiger partial charge in [-0.05, 0) is 191 Å². The lowest BCUT2D eigenvalue weighted by atomic mass is 9.33. The third kappa shape index (κ3) is 11.4. The Morgan fingerprint density at radius 2 is 0.654 bits per heavy atom. The Morgan fingerprint density at radius 1 is 0.318 bits per heavy atom. The van der Waals surface area contributed by atoms with Crippen LogP contribution in [0.1, 0.15) is 137 Å². The van der Waals surface area contributed by atoms with Gasteiger partial charge in [0.05, 0.1) is 51.6 Å². The molecule has 522 valence electrons. The molecule has 0 fully saturated rings. The summed E-state index contributed by atoms with van der Waals surface area (Å²) in [5.41, 5.74) is 31.3. The molecule has 6 nitrogen and oxygen atoms in total. The van der Waals surface area contributed by atoms with Crippen LogP contribution in [0.5, 0.6) is 0 Å². The molecular weight excluding hydrogens is 1300 g/mol. The van der Waals surface area contributed by atoms with E-state index >= 15 is 0 Å². The van der Waals surface area contributed by atoms with Gasteiger partial charge >= 0.3 is 0 Å². The van der Waals surface area contributed by atoms with Gasteiger partial charge in [-0.1, -0.05) is 274 Å². The predicted molar refractivity (Wildman–Crippen MR) is 455 cm³/mol. The summed E-state index contributed by atoms with van der Waals surface area (Å²) in [4.78, 5) is 9.36. The summed E-state index contributed by atoms with van der Waals surface area (Å²) in [6.07, 6.45) is 0. The van der Waals surface area contributed by atoms with Crippen LogP contribution in [-0.4, -0.2) is 15.8 Å². The molecule has 0 bridgehead atoms. The molecule has 0 unspecified atom stereocenters. The summed E-state index contributed by atoms with van der Waals surface area (Å²) in [7, 11) is 0. The van der Waals surface area contributed by atoms with Gasteiger partial charge in [-0.15, -0.1) is 0 Å². The Labute approximate surface area is 631 Å². The minimum atomic E-state index is -0.400. The SMILES string of the molecule is [C-]#[N+]c1ccc(-c2cc(C(C)(C)C)cc(-c3cccc(C(C)(C)C)c3)c2N2c3cc(-n4c5ccccc5c5ccccc54)ccc3B3c4ccc(-n5c6ccccc6c6ccccc65)cc4N(c4c(-c5ccc(C#N)cc5)cc(C(C)(C)C)cc4-c4cccc(C(C)(C)C)c4)c4cc(C(C)(C)C)cc2c43)cc1. The van der Waals surface area contributed by atoms with E-state index in [4.69, 9.17) is 6.57 Å². The molecule has 15 aromatic rings. The molecule has 0 N–H and O–H groups in total. The van der Waals surface area contributed by atoms with Crippen LogP contribution in [0.25, 0.3) is 104 Å². The zero-order chi connectivity index (χ0) is 74.5. The summed E-state index contributed by atoms with van der Waals surface area (Å²) in [6, 6.07) is 103. The summed E-state index contributed by atoms with van der Waals surface area (Å²) >= 11 is 0. The molecular formula is C100H89BN6. The van der Waals surface area contributed by atoms with Crippen molar-refractivity contribution in [3.63, 3.8) is 0 Å². The minimum absolute atomic E-state index is 0.161. The number of nitrogens with zero attached hydrogens (tertiary/aromatic N) is 6. The molecule has 0 aliphatic carbocycles. The molecule has 0 saturated heterocycles. The molecule has 4 heterocycles. The second-order valence-electron chi connectivity index (χ2n) is 34.9. The van der Waals surface area contributed by atoms with Gasteiger partial charge in [-0.2, -0.15) is 5.26 Å². The first-order chi connectivity index (χ1) is 51.1. The van der Waals surface area contributed by atoms with E-state index in [1.165, 1.54) is 65.8 Å². The predicted octanol–water partition coefficient (Wildman–Crippen LogP) is 25.5. The Hall–Kier alpha value is -11.9. The van der Waals surface area contributed by atoms with Gasteiger partial charge in [-0.3, -0.25) is 0 Å². The fraction of sp³-hybridized carbons (Fsp3) is 0.200. The lowest BCUT2D eigenvalue weighted by Crippen LogP contribution is -2.61. The molecule has 17 rings (SSSR count). The van der Waals surface area contributed by atoms with Crippen molar-refractivity contribution in [2.75, 3.05) is 9.80 Å². The molecule has 107 heavy (non-hydrogen) atoms. The van der Waals surface area contributed by atoms with Gasteiger partial charge in [0, 0.05) is 77.9 Å². The molecule has 0 radical (unpaired) electrons. The average Bonchev–Trinajstić information content (AvgIpc) is 1.39. The van der Waals surface area contributed by atoms with Crippen molar-refractivity contribution in [2.24, 2.45) is 0 Å². The molecule has 7 heteroatoms. The molecule has 0 atom stereocenters. The van der Waals surface area contributed by atoms with E-state index in [2.05, 4.69) is 376 Å². The number of aromatic nitrogens is 2. The van der Waals surface area contributed by atoms with Gasteiger partial charge in [-0.25, -0.2) is 4.85 Å². The highest BCUT2D eigenvalue weighted by Crippen LogP contribution is 2.56. The number of nitriles is 1. The van der Waals surface area contributed by atoms with E-state index in [-0.39, 0.29) is 28.4 Å². The van der Waals surface area contributed by atoms with Gasteiger partial charge in [0.2, 0.25) is 0 Å². The van der Waals surface area contributed by atoms with Crippen molar-refractivity contribution in [3.8, 4) is 62.0 Å². The van der Waals surface area contributed by atoms with Crippen molar-refractivity contribution in [3.05, 3.63) is 312 Å². The number of hydrogen-bond acceptors (Lipinski definition) is 3. The number of para-hydroxylation sites is 4. The summed E-state index contributed by atoms with van der Waals surface area (Å²) < 4.78 is 4.96. The third-order valence-electron chi connectivity index (χ3n) is 22.7. The van der Waals surface area contributed by atoms with E-state index < -0.39 is 5.41 Å². The quantitative estimate of drug-likeness (QED) is 0.112. The minimum Gasteiger partial charge on any atom is -0.310 e. The molecule has 0 saturated carbocycles. The summed E-state index contributed by atoms with van der Waals surface area (Å²) in [5.74, 6) is 0. The summed E-state index contributed by atoms with van der Waals surface area (Å²) in [5, 5.41) is 15.3. The lowest BCUT2D eigenvalue weighted by Gasteiger charge is -2.47.